The van der Waals surface area contributed by atoms with Crippen LogP contribution in [0.3, 0.4) is 0 Å². The number of hydrogen-bond donors (Lipinski definition) is 2. The van der Waals surface area contributed by atoms with Crippen LogP contribution in [0.5, 0.6) is 0 Å². The standard InChI is InChI=1S/C26H40F2N4/c1-26(29)13-8-3-2-5-9-19(16-26)22-10-6-4-7-11-24(22)30-14-12-21-17-31-25-23(28)15-20(27)18-32(21)25/h15,17-19,22,24,30H,2-14,16,29H2,1H3. The maximum Gasteiger partial charge on any atom is 0.173 e. The summed E-state index contributed by atoms with van der Waals surface area (Å²) in [6.07, 6.45) is 18.9. The number of nitrogens with zero attached hydrogens (tertiary/aromatic N) is 2. The Labute approximate surface area is 191 Å². The number of pyridine rings is 1. The molecule has 0 saturated heterocycles. The first-order chi connectivity index (χ1) is 15.4. The number of imidazole rings is 1. The second-order valence-electron chi connectivity index (χ2n) is 10.6. The molecule has 2 saturated carbocycles. The van der Waals surface area contributed by atoms with Gasteiger partial charge >= 0.3 is 0 Å². The van der Waals surface area contributed by atoms with Gasteiger partial charge in [-0.2, -0.15) is 0 Å². The molecule has 2 aliphatic rings. The zero-order chi connectivity index (χ0) is 22.6. The van der Waals surface area contributed by atoms with Gasteiger partial charge in [-0.05, 0) is 44.4 Å². The average molecular weight is 447 g/mol. The molecular formula is C26H40F2N4. The van der Waals surface area contributed by atoms with Crippen molar-refractivity contribution in [1.29, 1.82) is 0 Å². The van der Waals surface area contributed by atoms with Crippen molar-refractivity contribution in [2.75, 3.05) is 6.54 Å². The lowest BCUT2D eigenvalue weighted by Gasteiger charge is -2.38. The van der Waals surface area contributed by atoms with Crippen LogP contribution < -0.4 is 11.1 Å². The molecule has 0 spiro atoms. The summed E-state index contributed by atoms with van der Waals surface area (Å²) in [5, 5.41) is 3.85. The second-order valence-corrected chi connectivity index (χ2v) is 10.6. The number of halogens is 2. The number of aromatic nitrogens is 2. The van der Waals surface area contributed by atoms with Gasteiger partial charge in [0.25, 0.3) is 0 Å². The molecule has 2 heterocycles. The molecule has 4 nitrogen and oxygen atoms in total. The van der Waals surface area contributed by atoms with Gasteiger partial charge in [-0.15, -0.1) is 0 Å². The van der Waals surface area contributed by atoms with Gasteiger partial charge in [0.05, 0.1) is 0 Å². The van der Waals surface area contributed by atoms with E-state index in [1.807, 2.05) is 0 Å². The molecule has 0 bridgehead atoms. The summed E-state index contributed by atoms with van der Waals surface area (Å²) in [6, 6.07) is 1.38. The predicted molar refractivity (Wildman–Crippen MR) is 126 cm³/mol. The minimum atomic E-state index is -0.613. The highest BCUT2D eigenvalue weighted by molar-refractivity contribution is 5.42. The number of hydrogen-bond acceptors (Lipinski definition) is 3. The van der Waals surface area contributed by atoms with Crippen molar-refractivity contribution in [3.8, 4) is 0 Å². The molecule has 2 aromatic heterocycles. The highest BCUT2D eigenvalue weighted by atomic mass is 19.1. The topological polar surface area (TPSA) is 55.3 Å². The Morgan fingerprint density at radius 1 is 1.09 bits per heavy atom. The van der Waals surface area contributed by atoms with Crippen molar-refractivity contribution < 1.29 is 8.78 Å². The molecule has 0 aromatic carbocycles. The van der Waals surface area contributed by atoms with Gasteiger partial charge in [-0.1, -0.05) is 51.4 Å². The van der Waals surface area contributed by atoms with Crippen LogP contribution in [0.2, 0.25) is 0 Å². The molecule has 4 unspecified atom stereocenters. The lowest BCUT2D eigenvalue weighted by molar-refractivity contribution is 0.177. The molecule has 4 atom stereocenters. The maximum atomic E-state index is 14.0. The Bertz CT molecular complexity index is 878. The van der Waals surface area contributed by atoms with Crippen molar-refractivity contribution in [1.82, 2.24) is 14.7 Å². The highest BCUT2D eigenvalue weighted by Gasteiger charge is 2.34. The lowest BCUT2D eigenvalue weighted by Crippen LogP contribution is -2.44. The van der Waals surface area contributed by atoms with Crippen LogP contribution in [0.4, 0.5) is 8.78 Å². The van der Waals surface area contributed by atoms with Crippen molar-refractivity contribution in [3.05, 3.63) is 35.8 Å². The van der Waals surface area contributed by atoms with Crippen LogP contribution in [0.15, 0.2) is 18.5 Å². The van der Waals surface area contributed by atoms with E-state index in [1.54, 1.807) is 10.6 Å². The van der Waals surface area contributed by atoms with Crippen LogP contribution in [-0.2, 0) is 6.42 Å². The van der Waals surface area contributed by atoms with Crippen molar-refractivity contribution in [2.24, 2.45) is 17.6 Å². The molecule has 178 valence electrons. The van der Waals surface area contributed by atoms with E-state index in [2.05, 4.69) is 17.2 Å². The normalized spacial score (nSPS) is 30.4. The predicted octanol–water partition coefficient (Wildman–Crippen LogP) is 5.77. The maximum absolute atomic E-state index is 14.0. The molecule has 32 heavy (non-hydrogen) atoms. The summed E-state index contributed by atoms with van der Waals surface area (Å²) in [5.41, 5.74) is 7.73. The minimum Gasteiger partial charge on any atom is -0.325 e. The molecule has 6 heteroatoms. The number of nitrogens with two attached hydrogens (primary N) is 1. The first-order valence-corrected chi connectivity index (χ1v) is 12.8. The van der Waals surface area contributed by atoms with E-state index in [-0.39, 0.29) is 11.2 Å². The van der Waals surface area contributed by atoms with Crippen LogP contribution in [0.25, 0.3) is 5.65 Å². The monoisotopic (exact) mass is 446 g/mol. The lowest BCUT2D eigenvalue weighted by atomic mass is 9.73. The third kappa shape index (κ3) is 5.88. The molecule has 2 aliphatic carbocycles. The van der Waals surface area contributed by atoms with E-state index >= 15 is 0 Å². The number of fused-ring (bicyclic) bond motifs is 1. The quantitative estimate of drug-likeness (QED) is 0.573. The minimum absolute atomic E-state index is 0.0590. The first-order valence-electron chi connectivity index (χ1n) is 12.8. The van der Waals surface area contributed by atoms with Gasteiger partial charge in [0.2, 0.25) is 0 Å². The van der Waals surface area contributed by atoms with E-state index in [1.165, 1.54) is 70.4 Å². The van der Waals surface area contributed by atoms with Gasteiger partial charge in [0, 0.05) is 48.7 Å². The zero-order valence-electron chi connectivity index (χ0n) is 19.6. The van der Waals surface area contributed by atoms with E-state index in [9.17, 15) is 8.78 Å². The molecule has 0 amide bonds. The summed E-state index contributed by atoms with van der Waals surface area (Å²) >= 11 is 0. The largest absolute Gasteiger partial charge is 0.325 e. The first kappa shape index (κ1) is 23.6. The summed E-state index contributed by atoms with van der Waals surface area (Å²) < 4.78 is 29.2. The molecule has 3 N–H and O–H groups in total. The van der Waals surface area contributed by atoms with Crippen LogP contribution >= 0.6 is 0 Å². The second kappa shape index (κ2) is 10.6. The Morgan fingerprint density at radius 3 is 2.72 bits per heavy atom. The Kier molecular flexibility index (Phi) is 7.83. The molecule has 2 aromatic rings. The molecule has 0 radical (unpaired) electrons. The van der Waals surface area contributed by atoms with E-state index in [0.717, 1.165) is 31.1 Å². The molecule has 0 aliphatic heterocycles. The third-order valence-corrected chi connectivity index (χ3v) is 7.87. The molecule has 2 fully saturated rings. The van der Waals surface area contributed by atoms with Crippen LogP contribution in [0, 0.1) is 23.5 Å². The van der Waals surface area contributed by atoms with Crippen molar-refractivity contribution >= 4 is 5.65 Å². The summed E-state index contributed by atoms with van der Waals surface area (Å²) in [7, 11) is 0. The molecule has 4 rings (SSSR count). The third-order valence-electron chi connectivity index (χ3n) is 7.87. The average Bonchev–Trinajstić information content (AvgIpc) is 3.03. The van der Waals surface area contributed by atoms with E-state index in [0.29, 0.717) is 24.3 Å². The summed E-state index contributed by atoms with van der Waals surface area (Å²) in [6.45, 7) is 3.05. The van der Waals surface area contributed by atoms with Crippen LogP contribution in [-0.4, -0.2) is 27.5 Å². The number of nitrogens with one attached hydrogen (secondary N) is 1. The summed E-state index contributed by atoms with van der Waals surface area (Å²) in [4.78, 5) is 4.15. The Morgan fingerprint density at radius 2 is 1.84 bits per heavy atom. The van der Waals surface area contributed by atoms with Gasteiger partial charge in [-0.3, -0.25) is 4.40 Å². The fraction of sp³-hybridized carbons (Fsp3) is 0.731. The summed E-state index contributed by atoms with van der Waals surface area (Å²) in [5.74, 6) is 0.155. The fourth-order valence-electron chi connectivity index (χ4n) is 6.25. The van der Waals surface area contributed by atoms with Crippen molar-refractivity contribution in [2.45, 2.75) is 102 Å². The van der Waals surface area contributed by atoms with Gasteiger partial charge in [0.15, 0.2) is 11.5 Å². The SMILES string of the molecule is CC1(N)CCCCCCC(C2CCCCCC2NCCc2cnc3c(F)cc(F)cn23)C1. The van der Waals surface area contributed by atoms with Gasteiger partial charge < -0.3 is 11.1 Å². The van der Waals surface area contributed by atoms with E-state index < -0.39 is 11.6 Å². The fourth-order valence-corrected chi connectivity index (χ4v) is 6.25. The highest BCUT2D eigenvalue weighted by Crippen LogP contribution is 2.38. The van der Waals surface area contributed by atoms with Crippen LogP contribution in [0.1, 0.15) is 89.7 Å². The van der Waals surface area contributed by atoms with Crippen molar-refractivity contribution in [3.63, 3.8) is 0 Å². The number of rotatable bonds is 5. The Balaban J connectivity index is 1.43. The smallest absolute Gasteiger partial charge is 0.173 e. The van der Waals surface area contributed by atoms with Gasteiger partial charge in [-0.25, -0.2) is 13.8 Å². The Hall–Kier alpha value is -1.53. The molecular weight excluding hydrogens is 406 g/mol. The van der Waals surface area contributed by atoms with E-state index in [4.69, 9.17) is 5.73 Å². The van der Waals surface area contributed by atoms with Gasteiger partial charge in [0.1, 0.15) is 5.82 Å². The zero-order valence-corrected chi connectivity index (χ0v) is 19.6.